The van der Waals surface area contributed by atoms with Crippen LogP contribution in [0.2, 0.25) is 0 Å². The fraction of sp³-hybridized carbons (Fsp3) is 0.389. The van der Waals surface area contributed by atoms with E-state index >= 15 is 0 Å². The first-order valence-corrected chi connectivity index (χ1v) is 7.83. The number of hydrogen-bond acceptors (Lipinski definition) is 3. The lowest BCUT2D eigenvalue weighted by Gasteiger charge is -2.31. The van der Waals surface area contributed by atoms with Gasteiger partial charge in [0.15, 0.2) is 0 Å². The summed E-state index contributed by atoms with van der Waals surface area (Å²) in [6, 6.07) is 5.59. The Labute approximate surface area is 146 Å². The molecule has 1 aromatic rings. The minimum absolute atomic E-state index is 0.122. The predicted octanol–water partition coefficient (Wildman–Crippen LogP) is 4.95. The Hall–Kier alpha value is -2.13. The lowest BCUT2D eigenvalue weighted by molar-refractivity contribution is -0.125. The van der Waals surface area contributed by atoms with Crippen molar-refractivity contribution < 1.29 is 13.6 Å². The van der Waals surface area contributed by atoms with E-state index in [9.17, 15) is 13.6 Å². The third kappa shape index (κ3) is 4.04. The maximum absolute atomic E-state index is 13.8. The zero-order valence-electron chi connectivity index (χ0n) is 14.2. The van der Waals surface area contributed by atoms with Crippen LogP contribution in [0.3, 0.4) is 0 Å². The molecule has 0 aliphatic heterocycles. The molecule has 0 aliphatic carbocycles. The van der Waals surface area contributed by atoms with Crippen molar-refractivity contribution in [1.82, 2.24) is 0 Å². The summed E-state index contributed by atoms with van der Waals surface area (Å²) in [5.74, 6) is -3.53. The van der Waals surface area contributed by atoms with Crippen molar-refractivity contribution in [1.29, 1.82) is 5.26 Å². The van der Waals surface area contributed by atoms with Gasteiger partial charge in [0.2, 0.25) is 5.91 Å². The number of thiocarbonyl (C=S) groups is 1. The third-order valence-corrected chi connectivity index (χ3v) is 4.26. The second kappa shape index (κ2) is 7.18. The third-order valence-electron chi connectivity index (χ3n) is 3.92. The van der Waals surface area contributed by atoms with Crippen molar-refractivity contribution in [3.8, 4) is 6.07 Å². The normalized spacial score (nSPS) is 11.5. The van der Waals surface area contributed by atoms with Crippen molar-refractivity contribution >= 4 is 28.8 Å². The molecule has 1 rings (SSSR count). The lowest BCUT2D eigenvalue weighted by Crippen LogP contribution is -2.43. The van der Waals surface area contributed by atoms with Crippen molar-refractivity contribution in [2.24, 2.45) is 5.41 Å². The van der Waals surface area contributed by atoms with Gasteiger partial charge in [0.05, 0.1) is 17.3 Å². The molecule has 0 saturated heterocycles. The molecular weight excluding hydrogens is 330 g/mol. The first-order chi connectivity index (χ1) is 11.0. The van der Waals surface area contributed by atoms with Gasteiger partial charge in [-0.05, 0) is 30.7 Å². The van der Waals surface area contributed by atoms with E-state index in [0.29, 0.717) is 13.3 Å². The highest BCUT2D eigenvalue weighted by Crippen LogP contribution is 2.34. The van der Waals surface area contributed by atoms with Crippen LogP contribution in [0.5, 0.6) is 0 Å². The standard InChI is InChI=1S/C18H20F2N2OS/c1-6-15(24)22(16(23)17(3,4)7-2)13-9-8-12(11-21)14(10-13)18(5,19)20/h6,8-10H,1,7H2,2-5H3. The Morgan fingerprint density at radius 1 is 1.42 bits per heavy atom. The minimum atomic E-state index is -3.22. The van der Waals surface area contributed by atoms with Crippen LogP contribution >= 0.6 is 12.2 Å². The number of anilines is 1. The summed E-state index contributed by atoms with van der Waals surface area (Å²) in [6.45, 7) is 9.65. The van der Waals surface area contributed by atoms with Gasteiger partial charge in [-0.25, -0.2) is 8.78 Å². The molecule has 3 nitrogen and oxygen atoms in total. The maximum Gasteiger partial charge on any atom is 0.271 e. The van der Waals surface area contributed by atoms with Crippen molar-refractivity contribution in [2.75, 3.05) is 4.90 Å². The van der Waals surface area contributed by atoms with Crippen LogP contribution in [0.15, 0.2) is 30.9 Å². The highest BCUT2D eigenvalue weighted by Gasteiger charge is 2.34. The van der Waals surface area contributed by atoms with Gasteiger partial charge in [-0.3, -0.25) is 9.69 Å². The van der Waals surface area contributed by atoms with E-state index in [2.05, 4.69) is 6.58 Å². The SMILES string of the molecule is C=CC(=S)N(C(=O)C(C)(C)CC)c1ccc(C#N)c(C(C)(F)F)c1. The quantitative estimate of drug-likeness (QED) is 0.557. The zero-order chi connectivity index (χ0) is 18.7. The molecule has 1 amide bonds. The van der Waals surface area contributed by atoms with Gasteiger partial charge in [0, 0.05) is 17.9 Å². The Balaban J connectivity index is 3.57. The Morgan fingerprint density at radius 2 is 2.00 bits per heavy atom. The molecule has 0 unspecified atom stereocenters. The highest BCUT2D eigenvalue weighted by molar-refractivity contribution is 7.81. The number of rotatable bonds is 5. The predicted molar refractivity (Wildman–Crippen MR) is 95.1 cm³/mol. The second-order valence-corrected chi connectivity index (χ2v) is 6.57. The first kappa shape index (κ1) is 19.9. The summed E-state index contributed by atoms with van der Waals surface area (Å²) in [5, 5.41) is 9.04. The van der Waals surface area contributed by atoms with Gasteiger partial charge in [-0.1, -0.05) is 39.6 Å². The minimum Gasteiger partial charge on any atom is -0.273 e. The van der Waals surface area contributed by atoms with Crippen LogP contribution in [-0.4, -0.2) is 10.9 Å². The average molecular weight is 350 g/mol. The van der Waals surface area contributed by atoms with Gasteiger partial charge in [-0.2, -0.15) is 5.26 Å². The molecular formula is C18H20F2N2OS. The van der Waals surface area contributed by atoms with Crippen LogP contribution in [0.4, 0.5) is 14.5 Å². The topological polar surface area (TPSA) is 44.1 Å². The molecule has 0 atom stereocenters. The summed E-state index contributed by atoms with van der Waals surface area (Å²) >= 11 is 5.18. The maximum atomic E-state index is 13.8. The Bertz CT molecular complexity index is 715. The van der Waals surface area contributed by atoms with Gasteiger partial charge in [-0.15, -0.1) is 0 Å². The van der Waals surface area contributed by atoms with E-state index in [4.69, 9.17) is 17.5 Å². The van der Waals surface area contributed by atoms with E-state index in [1.165, 1.54) is 23.1 Å². The number of benzene rings is 1. The fourth-order valence-electron chi connectivity index (χ4n) is 2.02. The molecule has 128 valence electrons. The first-order valence-electron chi connectivity index (χ1n) is 7.43. The second-order valence-electron chi connectivity index (χ2n) is 6.15. The Morgan fingerprint density at radius 3 is 2.42 bits per heavy atom. The molecule has 0 saturated carbocycles. The molecule has 0 bridgehead atoms. The molecule has 0 spiro atoms. The number of carbonyl (C=O) groups is 1. The van der Waals surface area contributed by atoms with Gasteiger partial charge < -0.3 is 0 Å². The van der Waals surface area contributed by atoms with Crippen LogP contribution in [0, 0.1) is 16.7 Å². The van der Waals surface area contributed by atoms with Crippen molar-refractivity contribution in [2.45, 2.75) is 40.0 Å². The van der Waals surface area contributed by atoms with Gasteiger partial charge in [0.25, 0.3) is 5.92 Å². The zero-order valence-corrected chi connectivity index (χ0v) is 15.0. The number of alkyl halides is 2. The van der Waals surface area contributed by atoms with Gasteiger partial charge in [0.1, 0.15) is 4.99 Å². The van der Waals surface area contributed by atoms with Crippen molar-refractivity contribution in [3.05, 3.63) is 42.0 Å². The number of nitriles is 1. The molecule has 0 fully saturated rings. The highest BCUT2D eigenvalue weighted by atomic mass is 32.1. The summed E-state index contributed by atoms with van der Waals surface area (Å²) in [7, 11) is 0. The molecule has 0 aromatic heterocycles. The average Bonchev–Trinajstić information content (AvgIpc) is 2.53. The van der Waals surface area contributed by atoms with Crippen molar-refractivity contribution in [3.63, 3.8) is 0 Å². The molecule has 24 heavy (non-hydrogen) atoms. The van der Waals surface area contributed by atoms with E-state index in [0.717, 1.165) is 6.07 Å². The van der Waals surface area contributed by atoms with Crippen LogP contribution in [0.1, 0.15) is 45.2 Å². The molecule has 0 radical (unpaired) electrons. The van der Waals surface area contributed by atoms with E-state index in [-0.39, 0.29) is 22.1 Å². The number of amides is 1. The van der Waals surface area contributed by atoms with E-state index in [1.54, 1.807) is 19.9 Å². The molecule has 6 heteroatoms. The van der Waals surface area contributed by atoms with Crippen LogP contribution < -0.4 is 4.90 Å². The van der Waals surface area contributed by atoms with Crippen LogP contribution in [0.25, 0.3) is 0 Å². The summed E-state index contributed by atoms with van der Waals surface area (Å²) in [4.78, 5) is 14.2. The lowest BCUT2D eigenvalue weighted by atomic mass is 9.88. The monoisotopic (exact) mass is 350 g/mol. The summed E-state index contributed by atoms with van der Waals surface area (Å²) < 4.78 is 27.6. The van der Waals surface area contributed by atoms with E-state index in [1.807, 2.05) is 6.92 Å². The number of nitrogens with zero attached hydrogens (tertiary/aromatic N) is 2. The van der Waals surface area contributed by atoms with E-state index < -0.39 is 16.9 Å². The molecule has 1 aromatic carbocycles. The van der Waals surface area contributed by atoms with Gasteiger partial charge >= 0.3 is 0 Å². The summed E-state index contributed by atoms with van der Waals surface area (Å²) in [6.07, 6.45) is 1.87. The molecule has 0 N–H and O–H groups in total. The molecule has 0 heterocycles. The smallest absolute Gasteiger partial charge is 0.271 e. The number of carbonyl (C=O) groups excluding carboxylic acids is 1. The fourth-order valence-corrected chi connectivity index (χ4v) is 2.21. The Kier molecular flexibility index (Phi) is 5.96. The summed E-state index contributed by atoms with van der Waals surface area (Å²) in [5.41, 5.74) is -1.11. The molecule has 0 aliphatic rings. The number of hydrogen-bond donors (Lipinski definition) is 0. The van der Waals surface area contributed by atoms with Crippen LogP contribution in [-0.2, 0) is 10.7 Å². The largest absolute Gasteiger partial charge is 0.273 e. The number of halogens is 2.